The Morgan fingerprint density at radius 3 is 2.06 bits per heavy atom. The Bertz CT molecular complexity index is 863. The number of benzene rings is 2. The molecular weight excluding hydrogens is 400 g/mol. The number of unbranched alkanes of at least 4 members (excludes halogenated alkanes) is 2. The molecule has 2 aromatic carbocycles. The maximum absolute atomic E-state index is 14.9. The number of hydrogen-bond donors (Lipinski definition) is 0. The van der Waals surface area contributed by atoms with Crippen LogP contribution in [0.2, 0.25) is 0 Å². The van der Waals surface area contributed by atoms with Crippen molar-refractivity contribution in [2.75, 3.05) is 0 Å². The van der Waals surface area contributed by atoms with Gasteiger partial charge < -0.3 is 0 Å². The smallest absolute Gasteiger partial charge is 0.134 e. The number of halogens is 4. The summed E-state index contributed by atoms with van der Waals surface area (Å²) in [4.78, 5) is 0. The van der Waals surface area contributed by atoms with E-state index in [1.807, 2.05) is 0 Å². The molecule has 0 aliphatic heterocycles. The van der Waals surface area contributed by atoms with E-state index in [0.717, 1.165) is 43.2 Å². The predicted octanol–water partition coefficient (Wildman–Crippen LogP) is 8.79. The Morgan fingerprint density at radius 2 is 1.39 bits per heavy atom. The summed E-state index contributed by atoms with van der Waals surface area (Å²) in [5.41, 5.74) is 0.215. The number of fused-ring (bicyclic) bond motifs is 1. The summed E-state index contributed by atoms with van der Waals surface area (Å²) in [6.45, 7) is 2.24. The van der Waals surface area contributed by atoms with Crippen LogP contribution in [0.1, 0.15) is 82.6 Å². The van der Waals surface area contributed by atoms with Gasteiger partial charge in [0.05, 0.1) is 5.56 Å². The summed E-state index contributed by atoms with van der Waals surface area (Å²) in [5, 5.41) is 0. The molecule has 0 bridgehead atoms. The molecule has 2 aliphatic rings. The molecule has 4 heteroatoms. The molecule has 0 saturated heterocycles. The maximum Gasteiger partial charge on any atom is 0.134 e. The monoisotopic (exact) mass is 432 g/mol. The fourth-order valence-electron chi connectivity index (χ4n) is 6.04. The molecule has 2 aromatic rings. The summed E-state index contributed by atoms with van der Waals surface area (Å²) < 4.78 is 56.8. The van der Waals surface area contributed by atoms with Crippen LogP contribution in [-0.4, -0.2) is 0 Å². The Balaban J connectivity index is 1.46. The van der Waals surface area contributed by atoms with Crippen molar-refractivity contribution in [3.8, 4) is 11.1 Å². The molecule has 0 N–H and O–H groups in total. The molecule has 0 radical (unpaired) electrons. The minimum atomic E-state index is -0.846. The summed E-state index contributed by atoms with van der Waals surface area (Å²) in [7, 11) is 0. The molecule has 0 heterocycles. The number of hydrogen-bond acceptors (Lipinski definition) is 0. The van der Waals surface area contributed by atoms with Gasteiger partial charge in [-0.05, 0) is 91.2 Å². The van der Waals surface area contributed by atoms with Crippen LogP contribution in [0.3, 0.4) is 0 Å². The van der Waals surface area contributed by atoms with E-state index in [-0.39, 0.29) is 17.0 Å². The average molecular weight is 433 g/mol. The SMILES string of the molecule is CCCCCC1CCC2CC(c3cc(F)c(-c4cc(F)cc(F)c4)c(F)c3)CCC2C1. The second-order valence-corrected chi connectivity index (χ2v) is 9.72. The van der Waals surface area contributed by atoms with Crippen molar-refractivity contribution in [2.24, 2.45) is 17.8 Å². The van der Waals surface area contributed by atoms with Crippen LogP contribution in [-0.2, 0) is 0 Å². The highest BCUT2D eigenvalue weighted by atomic mass is 19.1. The molecule has 2 saturated carbocycles. The first-order valence-corrected chi connectivity index (χ1v) is 11.9. The van der Waals surface area contributed by atoms with Crippen molar-refractivity contribution >= 4 is 0 Å². The van der Waals surface area contributed by atoms with Gasteiger partial charge in [-0.2, -0.15) is 0 Å². The van der Waals surface area contributed by atoms with Gasteiger partial charge in [-0.3, -0.25) is 0 Å². The molecule has 168 valence electrons. The van der Waals surface area contributed by atoms with E-state index >= 15 is 0 Å². The van der Waals surface area contributed by atoms with E-state index in [1.165, 1.54) is 57.1 Å². The molecule has 2 fully saturated rings. The van der Waals surface area contributed by atoms with Crippen molar-refractivity contribution in [3.63, 3.8) is 0 Å². The molecular formula is C27H32F4. The largest absolute Gasteiger partial charge is 0.207 e. The summed E-state index contributed by atoms with van der Waals surface area (Å²) >= 11 is 0. The highest BCUT2D eigenvalue weighted by molar-refractivity contribution is 5.65. The standard InChI is InChI=1S/C27H32F4/c1-2-3-4-5-17-6-7-19-11-20(9-8-18(19)10-17)21-14-25(30)27(26(31)15-21)22-12-23(28)16-24(29)13-22/h12-20H,2-11H2,1H3. The molecule has 4 unspecified atom stereocenters. The summed E-state index contributed by atoms with van der Waals surface area (Å²) in [5.74, 6) is -0.790. The van der Waals surface area contributed by atoms with Gasteiger partial charge in [0.15, 0.2) is 0 Å². The van der Waals surface area contributed by atoms with Crippen molar-refractivity contribution in [1.29, 1.82) is 0 Å². The molecule has 0 aromatic heterocycles. The lowest BCUT2D eigenvalue weighted by Crippen LogP contribution is -2.30. The molecule has 31 heavy (non-hydrogen) atoms. The molecule has 2 aliphatic carbocycles. The van der Waals surface area contributed by atoms with Gasteiger partial charge in [0.25, 0.3) is 0 Å². The van der Waals surface area contributed by atoms with Gasteiger partial charge in [-0.25, -0.2) is 17.6 Å². The fourth-order valence-corrected chi connectivity index (χ4v) is 6.04. The Hall–Kier alpha value is -1.84. The zero-order chi connectivity index (χ0) is 22.0. The molecule has 0 spiro atoms. The lowest BCUT2D eigenvalue weighted by atomic mass is 9.63. The zero-order valence-corrected chi connectivity index (χ0v) is 18.3. The first-order chi connectivity index (χ1) is 14.9. The third-order valence-electron chi connectivity index (χ3n) is 7.62. The Morgan fingerprint density at radius 1 is 0.742 bits per heavy atom. The van der Waals surface area contributed by atoms with E-state index in [1.54, 1.807) is 0 Å². The van der Waals surface area contributed by atoms with E-state index in [9.17, 15) is 17.6 Å². The van der Waals surface area contributed by atoms with Gasteiger partial charge in [-0.1, -0.05) is 39.0 Å². The van der Waals surface area contributed by atoms with Crippen molar-refractivity contribution in [3.05, 3.63) is 59.2 Å². The highest BCUT2D eigenvalue weighted by Crippen LogP contribution is 2.49. The van der Waals surface area contributed by atoms with Crippen molar-refractivity contribution in [2.45, 2.75) is 77.0 Å². The van der Waals surface area contributed by atoms with Crippen LogP contribution in [0.5, 0.6) is 0 Å². The topological polar surface area (TPSA) is 0 Å². The number of rotatable bonds is 6. The highest BCUT2D eigenvalue weighted by Gasteiger charge is 2.36. The Kier molecular flexibility index (Phi) is 7.03. The van der Waals surface area contributed by atoms with Gasteiger partial charge in [0.2, 0.25) is 0 Å². The van der Waals surface area contributed by atoms with Crippen LogP contribution in [0, 0.1) is 41.0 Å². The van der Waals surface area contributed by atoms with Gasteiger partial charge in [0.1, 0.15) is 23.3 Å². The van der Waals surface area contributed by atoms with Crippen molar-refractivity contribution < 1.29 is 17.6 Å². The predicted molar refractivity (Wildman–Crippen MR) is 117 cm³/mol. The van der Waals surface area contributed by atoms with E-state index in [0.29, 0.717) is 17.5 Å². The van der Waals surface area contributed by atoms with E-state index in [4.69, 9.17) is 0 Å². The third kappa shape index (κ3) is 5.15. The lowest BCUT2D eigenvalue weighted by Gasteiger charge is -2.42. The maximum atomic E-state index is 14.9. The van der Waals surface area contributed by atoms with Gasteiger partial charge >= 0.3 is 0 Å². The third-order valence-corrected chi connectivity index (χ3v) is 7.62. The molecule has 4 atom stereocenters. The fraction of sp³-hybridized carbons (Fsp3) is 0.556. The normalized spacial score (nSPS) is 26.0. The summed E-state index contributed by atoms with van der Waals surface area (Å²) in [6, 6.07) is 5.39. The lowest BCUT2D eigenvalue weighted by molar-refractivity contribution is 0.113. The van der Waals surface area contributed by atoms with E-state index < -0.39 is 23.3 Å². The van der Waals surface area contributed by atoms with Gasteiger partial charge in [-0.15, -0.1) is 0 Å². The molecule has 4 rings (SSSR count). The Labute approximate surface area is 183 Å². The molecule has 0 nitrogen and oxygen atoms in total. The quantitative estimate of drug-likeness (QED) is 0.316. The van der Waals surface area contributed by atoms with Gasteiger partial charge in [0, 0.05) is 6.07 Å². The summed E-state index contributed by atoms with van der Waals surface area (Å²) in [6.07, 6.45) is 12.2. The first-order valence-electron chi connectivity index (χ1n) is 11.9. The zero-order valence-electron chi connectivity index (χ0n) is 18.3. The van der Waals surface area contributed by atoms with Crippen LogP contribution in [0.15, 0.2) is 30.3 Å². The van der Waals surface area contributed by atoms with Crippen molar-refractivity contribution in [1.82, 2.24) is 0 Å². The van der Waals surface area contributed by atoms with Crippen LogP contribution in [0.4, 0.5) is 17.6 Å². The average Bonchev–Trinajstić information content (AvgIpc) is 2.72. The second kappa shape index (κ2) is 9.75. The van der Waals surface area contributed by atoms with Crippen LogP contribution < -0.4 is 0 Å². The second-order valence-electron chi connectivity index (χ2n) is 9.72. The minimum Gasteiger partial charge on any atom is -0.207 e. The minimum absolute atomic E-state index is 0.107. The van der Waals surface area contributed by atoms with E-state index in [2.05, 4.69) is 6.92 Å². The first kappa shape index (κ1) is 22.4. The molecule has 0 amide bonds. The van der Waals surface area contributed by atoms with Crippen LogP contribution in [0.25, 0.3) is 11.1 Å². The van der Waals surface area contributed by atoms with Crippen LogP contribution >= 0.6 is 0 Å².